The van der Waals surface area contributed by atoms with Crippen LogP contribution >= 0.6 is 0 Å². The first-order valence-corrected chi connectivity index (χ1v) is 12.3. The summed E-state index contributed by atoms with van der Waals surface area (Å²) in [5.41, 5.74) is 4.68. The highest BCUT2D eigenvalue weighted by Gasteiger charge is 2.30. The first-order valence-electron chi connectivity index (χ1n) is 12.3. The summed E-state index contributed by atoms with van der Waals surface area (Å²) in [5.74, 6) is -0.517. The number of rotatable bonds is 6. The number of methoxy groups -OCH3 is 1. The lowest BCUT2D eigenvalue weighted by molar-refractivity contribution is 0.0600. The van der Waals surface area contributed by atoms with E-state index in [1.54, 1.807) is 24.3 Å². The highest BCUT2D eigenvalue weighted by Crippen LogP contribution is 2.27. The third-order valence-electron chi connectivity index (χ3n) is 7.04. The molecular weight excluding hydrogens is 455 g/mol. The van der Waals surface area contributed by atoms with Gasteiger partial charge in [-0.15, -0.1) is 0 Å². The maximum atomic E-state index is 13.7. The molecule has 2 aromatic heterocycles. The van der Waals surface area contributed by atoms with Gasteiger partial charge in [-0.1, -0.05) is 24.3 Å². The van der Waals surface area contributed by atoms with Crippen LogP contribution in [-0.2, 0) is 17.8 Å². The average molecular weight is 487 g/mol. The van der Waals surface area contributed by atoms with Crippen LogP contribution < -0.4 is 4.90 Å². The number of carbonyl (C=O) groups is 1. The number of aromatic nitrogens is 2. The zero-order chi connectivity index (χ0) is 25.2. The first-order chi connectivity index (χ1) is 17.4. The van der Waals surface area contributed by atoms with Crippen molar-refractivity contribution in [1.29, 1.82) is 0 Å². The summed E-state index contributed by atoms with van der Waals surface area (Å²) in [4.78, 5) is 21.3. The topological polar surface area (TPSA) is 50.6 Å². The second-order valence-corrected chi connectivity index (χ2v) is 9.64. The molecule has 186 valence electrons. The predicted octanol–water partition coefficient (Wildman–Crippen LogP) is 5.11. The maximum absolute atomic E-state index is 13.7. The third-order valence-corrected chi connectivity index (χ3v) is 7.04. The van der Waals surface area contributed by atoms with E-state index in [1.807, 2.05) is 24.4 Å². The van der Waals surface area contributed by atoms with Gasteiger partial charge in [0.25, 0.3) is 0 Å². The van der Waals surface area contributed by atoms with Crippen LogP contribution in [0.5, 0.6) is 0 Å². The normalized spacial score (nSPS) is 18.5. The Balaban J connectivity index is 1.28. The molecule has 3 heterocycles. The highest BCUT2D eigenvalue weighted by atomic mass is 19.1. The standard InChI is InChI=1S/C29H31FN4O2/c1-20-16-33(17-21(2)34(20)19-23-5-4-6-26(30)13-23)27-14-25-11-12-32(28(25)31-15-27)18-22-7-9-24(10-8-22)29(35)36-3/h4-15,20-21H,16-19H2,1-3H3/t20-,21+. The fraction of sp³-hybridized carbons (Fsp3) is 0.310. The van der Waals surface area contributed by atoms with Gasteiger partial charge in [-0.2, -0.15) is 0 Å². The molecule has 6 nitrogen and oxygen atoms in total. The lowest BCUT2D eigenvalue weighted by Crippen LogP contribution is -2.56. The minimum absolute atomic E-state index is 0.184. The fourth-order valence-electron chi connectivity index (χ4n) is 5.15. The number of fused-ring (bicyclic) bond motifs is 1. The number of hydrogen-bond donors (Lipinski definition) is 0. The van der Waals surface area contributed by atoms with E-state index in [0.717, 1.165) is 47.5 Å². The minimum atomic E-state index is -0.333. The predicted molar refractivity (Wildman–Crippen MR) is 140 cm³/mol. The summed E-state index contributed by atoms with van der Waals surface area (Å²) >= 11 is 0. The second-order valence-electron chi connectivity index (χ2n) is 9.64. The summed E-state index contributed by atoms with van der Waals surface area (Å²) in [7, 11) is 1.39. The molecule has 0 aliphatic carbocycles. The lowest BCUT2D eigenvalue weighted by Gasteiger charge is -2.45. The van der Waals surface area contributed by atoms with Crippen molar-refractivity contribution in [2.45, 2.75) is 39.0 Å². The molecule has 5 rings (SSSR count). The molecule has 0 N–H and O–H groups in total. The summed E-state index contributed by atoms with van der Waals surface area (Å²) in [6.07, 6.45) is 4.01. The number of halogens is 1. The minimum Gasteiger partial charge on any atom is -0.465 e. The van der Waals surface area contributed by atoms with Gasteiger partial charge in [-0.05, 0) is 61.4 Å². The van der Waals surface area contributed by atoms with Crippen molar-refractivity contribution >= 4 is 22.7 Å². The highest BCUT2D eigenvalue weighted by molar-refractivity contribution is 5.89. The van der Waals surface area contributed by atoms with Gasteiger partial charge in [0.1, 0.15) is 11.5 Å². The van der Waals surface area contributed by atoms with Crippen molar-refractivity contribution in [1.82, 2.24) is 14.5 Å². The van der Waals surface area contributed by atoms with E-state index in [2.05, 4.69) is 46.5 Å². The van der Waals surface area contributed by atoms with Crippen molar-refractivity contribution in [3.63, 3.8) is 0 Å². The lowest BCUT2D eigenvalue weighted by atomic mass is 10.1. The second kappa shape index (κ2) is 10.1. The van der Waals surface area contributed by atoms with Crippen LogP contribution in [0.15, 0.2) is 73.1 Å². The molecule has 7 heteroatoms. The molecular formula is C29H31FN4O2. The van der Waals surface area contributed by atoms with E-state index >= 15 is 0 Å². The number of esters is 1. The Hall–Kier alpha value is -3.71. The Morgan fingerprint density at radius 2 is 1.75 bits per heavy atom. The van der Waals surface area contributed by atoms with Gasteiger partial charge in [0.05, 0.1) is 24.6 Å². The largest absolute Gasteiger partial charge is 0.465 e. The van der Waals surface area contributed by atoms with E-state index < -0.39 is 0 Å². The van der Waals surface area contributed by atoms with Crippen LogP contribution in [0.25, 0.3) is 11.0 Å². The van der Waals surface area contributed by atoms with Gasteiger partial charge in [-0.25, -0.2) is 14.2 Å². The number of pyridine rings is 1. The summed E-state index contributed by atoms with van der Waals surface area (Å²) in [5, 5.41) is 1.10. The molecule has 1 saturated heterocycles. The molecule has 2 aromatic carbocycles. The zero-order valence-electron chi connectivity index (χ0n) is 20.9. The SMILES string of the molecule is COC(=O)c1ccc(Cn2ccc3cc(N4C[C@@H](C)N(Cc5cccc(F)c5)[C@@H](C)C4)cnc32)cc1. The molecule has 36 heavy (non-hydrogen) atoms. The van der Waals surface area contributed by atoms with Crippen LogP contribution in [0.4, 0.5) is 10.1 Å². The van der Waals surface area contributed by atoms with E-state index in [1.165, 1.54) is 13.2 Å². The number of nitrogens with zero attached hydrogens (tertiary/aromatic N) is 4. The van der Waals surface area contributed by atoms with E-state index in [4.69, 9.17) is 9.72 Å². The van der Waals surface area contributed by atoms with Gasteiger partial charge >= 0.3 is 5.97 Å². The van der Waals surface area contributed by atoms with Crippen molar-refractivity contribution in [2.75, 3.05) is 25.1 Å². The first kappa shape index (κ1) is 24.0. The number of piperazine rings is 1. The molecule has 4 aromatic rings. The van der Waals surface area contributed by atoms with Crippen LogP contribution in [-0.4, -0.2) is 52.7 Å². The monoisotopic (exact) mass is 486 g/mol. The third kappa shape index (κ3) is 4.97. The van der Waals surface area contributed by atoms with Gasteiger partial charge in [0.15, 0.2) is 0 Å². The Morgan fingerprint density at radius 1 is 1.00 bits per heavy atom. The van der Waals surface area contributed by atoms with Crippen LogP contribution in [0.2, 0.25) is 0 Å². The van der Waals surface area contributed by atoms with Crippen molar-refractivity contribution in [3.05, 3.63) is 95.6 Å². The number of anilines is 1. The molecule has 0 unspecified atom stereocenters. The van der Waals surface area contributed by atoms with Crippen molar-refractivity contribution in [2.24, 2.45) is 0 Å². The van der Waals surface area contributed by atoms with Crippen LogP contribution in [0, 0.1) is 5.82 Å². The van der Waals surface area contributed by atoms with Crippen molar-refractivity contribution < 1.29 is 13.9 Å². The molecule has 1 aliphatic rings. The van der Waals surface area contributed by atoms with Crippen LogP contribution in [0.1, 0.15) is 35.3 Å². The molecule has 0 radical (unpaired) electrons. The Kier molecular flexibility index (Phi) is 6.74. The number of carbonyl (C=O) groups excluding carboxylic acids is 1. The Morgan fingerprint density at radius 3 is 2.44 bits per heavy atom. The van der Waals surface area contributed by atoms with Gasteiger partial charge < -0.3 is 14.2 Å². The molecule has 1 fully saturated rings. The van der Waals surface area contributed by atoms with Crippen LogP contribution in [0.3, 0.4) is 0 Å². The molecule has 2 atom stereocenters. The summed E-state index contributed by atoms with van der Waals surface area (Å²) in [6.45, 7) is 7.66. The average Bonchev–Trinajstić information content (AvgIpc) is 3.28. The smallest absolute Gasteiger partial charge is 0.337 e. The van der Waals surface area contributed by atoms with Crippen molar-refractivity contribution in [3.8, 4) is 0 Å². The van der Waals surface area contributed by atoms with Gasteiger partial charge in [-0.3, -0.25) is 4.90 Å². The Bertz CT molecular complexity index is 1360. The molecule has 0 saturated carbocycles. The summed E-state index contributed by atoms with van der Waals surface area (Å²) in [6, 6.07) is 19.3. The van der Waals surface area contributed by atoms with E-state index in [0.29, 0.717) is 24.2 Å². The van der Waals surface area contributed by atoms with E-state index in [9.17, 15) is 9.18 Å². The maximum Gasteiger partial charge on any atom is 0.337 e. The quantitative estimate of drug-likeness (QED) is 0.355. The number of hydrogen-bond acceptors (Lipinski definition) is 5. The fourth-order valence-corrected chi connectivity index (χ4v) is 5.15. The zero-order valence-corrected chi connectivity index (χ0v) is 20.9. The molecule has 0 bridgehead atoms. The number of benzene rings is 2. The van der Waals surface area contributed by atoms with Gasteiger partial charge in [0, 0.05) is 49.8 Å². The summed E-state index contributed by atoms with van der Waals surface area (Å²) < 4.78 is 20.6. The number of ether oxygens (including phenoxy) is 1. The van der Waals surface area contributed by atoms with E-state index in [-0.39, 0.29) is 11.8 Å². The molecule has 0 amide bonds. The molecule has 0 spiro atoms. The molecule has 1 aliphatic heterocycles. The van der Waals surface area contributed by atoms with Gasteiger partial charge in [0.2, 0.25) is 0 Å². The Labute approximate surface area is 210 Å².